The van der Waals surface area contributed by atoms with Gasteiger partial charge in [0.2, 0.25) is 0 Å². The molecule has 0 heterocycles. The normalized spacial score (nSPS) is 34.4. The number of hydrogen-bond donors (Lipinski definition) is 0. The SMILES string of the molecule is C1=CC2CC1CC2Cc1ccccc1.CC(=O)OCC1CC2C=CC1C2.CC(F)C(F)(F)OCC1CC2C=CC1C2.CCO[Si](OCC)(OCC)C1CC2C=CC1C2. The first-order chi connectivity index (χ1) is 27.9. The molecule has 10 heteroatoms. The lowest BCUT2D eigenvalue weighted by Crippen LogP contribution is -2.51. The molecule has 0 N–H and O–H groups in total. The van der Waals surface area contributed by atoms with Gasteiger partial charge in [0.15, 0.2) is 6.17 Å². The lowest BCUT2D eigenvalue weighted by molar-refractivity contribution is -0.275. The minimum Gasteiger partial charge on any atom is -0.466 e. The van der Waals surface area contributed by atoms with Crippen molar-refractivity contribution >= 4 is 14.8 Å². The third-order valence-corrected chi connectivity index (χ3v) is 17.5. The predicted molar refractivity (Wildman–Crippen MR) is 225 cm³/mol. The van der Waals surface area contributed by atoms with Crippen LogP contribution in [-0.2, 0) is 34.0 Å². The molecule has 58 heavy (non-hydrogen) atoms. The highest BCUT2D eigenvalue weighted by Crippen LogP contribution is 2.52. The third kappa shape index (κ3) is 11.6. The fourth-order valence-electron chi connectivity index (χ4n) is 11.0. The largest absolute Gasteiger partial charge is 0.504 e. The molecule has 0 aliphatic heterocycles. The predicted octanol–water partition coefficient (Wildman–Crippen LogP) is 11.4. The van der Waals surface area contributed by atoms with Gasteiger partial charge in [-0.3, -0.25) is 4.79 Å². The lowest BCUT2D eigenvalue weighted by Gasteiger charge is -2.36. The van der Waals surface area contributed by atoms with E-state index in [4.69, 9.17) is 18.0 Å². The Kier molecular flexibility index (Phi) is 16.2. The van der Waals surface area contributed by atoms with Gasteiger partial charge in [-0.05, 0) is 156 Å². The second-order valence-electron chi connectivity index (χ2n) is 17.9. The maximum absolute atomic E-state index is 12.8. The van der Waals surface area contributed by atoms with Gasteiger partial charge < -0.3 is 22.8 Å². The average Bonchev–Trinajstić information content (AvgIpc) is 4.08. The van der Waals surface area contributed by atoms with Gasteiger partial charge in [0.25, 0.3) is 0 Å². The number of halogens is 3. The molecular weight excluding hydrogens is 758 g/mol. The van der Waals surface area contributed by atoms with Crippen molar-refractivity contribution in [1.82, 2.24) is 0 Å². The number of ether oxygens (including phenoxy) is 2. The molecule has 0 amide bonds. The van der Waals surface area contributed by atoms with Gasteiger partial charge in [0.1, 0.15) is 0 Å². The Morgan fingerprint density at radius 3 is 1.48 bits per heavy atom. The zero-order valence-corrected chi connectivity index (χ0v) is 36.5. The van der Waals surface area contributed by atoms with E-state index < -0.39 is 21.1 Å². The van der Waals surface area contributed by atoms with E-state index in [-0.39, 0.29) is 18.5 Å². The molecule has 8 aliphatic rings. The van der Waals surface area contributed by atoms with Crippen LogP contribution >= 0.6 is 0 Å². The van der Waals surface area contributed by atoms with Crippen LogP contribution in [0.2, 0.25) is 5.54 Å². The molecule has 0 radical (unpaired) electrons. The number of fused-ring (bicyclic) bond motifs is 8. The summed E-state index contributed by atoms with van der Waals surface area (Å²) in [6, 6.07) is 10.9. The van der Waals surface area contributed by atoms with Crippen LogP contribution in [0.4, 0.5) is 13.2 Å². The highest BCUT2D eigenvalue weighted by Gasteiger charge is 2.56. The molecule has 0 spiro atoms. The highest BCUT2D eigenvalue weighted by atomic mass is 28.4. The summed E-state index contributed by atoms with van der Waals surface area (Å²) < 4.78 is 65.5. The second-order valence-corrected chi connectivity index (χ2v) is 20.7. The van der Waals surface area contributed by atoms with E-state index in [1.165, 1.54) is 57.4 Å². The van der Waals surface area contributed by atoms with Crippen molar-refractivity contribution < 1.29 is 40.7 Å². The van der Waals surface area contributed by atoms with Crippen LogP contribution in [0.3, 0.4) is 0 Å². The Morgan fingerprint density at radius 1 is 0.655 bits per heavy atom. The van der Waals surface area contributed by atoms with Crippen molar-refractivity contribution in [2.75, 3.05) is 33.0 Å². The van der Waals surface area contributed by atoms with Gasteiger partial charge in [-0.25, -0.2) is 4.39 Å². The number of esters is 1. The smallest absolute Gasteiger partial charge is 0.466 e. The zero-order valence-electron chi connectivity index (χ0n) is 35.5. The molecule has 9 rings (SSSR count). The van der Waals surface area contributed by atoms with E-state index in [9.17, 15) is 18.0 Å². The minimum absolute atomic E-state index is 0.0350. The molecule has 0 aromatic heterocycles. The van der Waals surface area contributed by atoms with E-state index in [0.29, 0.717) is 61.6 Å². The van der Waals surface area contributed by atoms with E-state index in [1.54, 1.807) is 0 Å². The standard InChI is InChI=1S/C14H16.C13H24O3Si.C11H15F3O.C10H14O2/c1-2-4-11(5-3-1)8-14-10-12-6-7-13(14)9-12;1-4-14-17(15-5-2,16-6-3)13-10-11-7-8-12(13)9-11;1-7(12)11(13,14)15-6-10-5-8-2-3-9(10)4-8;1-7(11)12-6-10-5-8-2-3-9(10)4-8/h1-7,12-14H,8-10H2;7-8,11-13H,4-6,9-10H2,1-3H3;2-3,7-10H,4-6H2,1H3;2-3,8-10H,4-6H2,1H3. The Bertz CT molecular complexity index is 1550. The number of carbonyl (C=O) groups is 1. The van der Waals surface area contributed by atoms with Crippen molar-refractivity contribution in [2.24, 2.45) is 65.1 Å². The van der Waals surface area contributed by atoms with Crippen molar-refractivity contribution in [1.29, 1.82) is 0 Å². The molecule has 13 atom stereocenters. The van der Waals surface area contributed by atoms with Crippen molar-refractivity contribution in [3.05, 3.63) is 84.5 Å². The third-order valence-electron chi connectivity index (χ3n) is 13.8. The molecule has 4 fully saturated rings. The molecule has 6 nitrogen and oxygen atoms in total. The summed E-state index contributed by atoms with van der Waals surface area (Å²) in [5, 5.41) is 0. The van der Waals surface area contributed by atoms with Crippen molar-refractivity contribution in [2.45, 2.75) is 110 Å². The molecule has 4 saturated carbocycles. The van der Waals surface area contributed by atoms with Gasteiger partial charge in [-0.2, -0.15) is 8.78 Å². The van der Waals surface area contributed by atoms with Crippen LogP contribution in [0.15, 0.2) is 78.9 Å². The Hall–Kier alpha value is -2.50. The number of hydrogen-bond acceptors (Lipinski definition) is 6. The summed E-state index contributed by atoms with van der Waals surface area (Å²) in [6.07, 6.45) is 23.5. The van der Waals surface area contributed by atoms with E-state index in [2.05, 4.69) is 83.7 Å². The van der Waals surface area contributed by atoms with E-state index in [1.807, 2.05) is 20.8 Å². The van der Waals surface area contributed by atoms with Gasteiger partial charge in [-0.1, -0.05) is 78.9 Å². The topological polar surface area (TPSA) is 63.2 Å². The molecular formula is C48H69F3O6Si. The number of alkyl halides is 3. The molecule has 8 aliphatic carbocycles. The molecule has 8 bridgehead atoms. The Labute approximate surface area is 347 Å². The fourth-order valence-corrected chi connectivity index (χ4v) is 14.5. The summed E-state index contributed by atoms with van der Waals surface area (Å²) in [6.45, 7) is 11.0. The molecule has 1 aromatic rings. The first-order valence-corrected chi connectivity index (χ1v) is 24.2. The summed E-state index contributed by atoms with van der Waals surface area (Å²) in [5.74, 6) is 7.02. The maximum atomic E-state index is 12.8. The van der Waals surface area contributed by atoms with Crippen LogP contribution < -0.4 is 0 Å². The van der Waals surface area contributed by atoms with Gasteiger partial charge in [-0.15, -0.1) is 0 Å². The molecule has 1 aromatic carbocycles. The Balaban J connectivity index is 0.000000131. The minimum atomic E-state index is -3.63. The van der Waals surface area contributed by atoms with Crippen molar-refractivity contribution in [3.8, 4) is 0 Å². The first-order valence-electron chi connectivity index (χ1n) is 22.4. The van der Waals surface area contributed by atoms with Gasteiger partial charge >= 0.3 is 20.9 Å². The first kappa shape index (κ1) is 45.0. The van der Waals surface area contributed by atoms with E-state index >= 15 is 0 Å². The van der Waals surface area contributed by atoms with Gasteiger partial charge in [0.05, 0.1) is 13.2 Å². The maximum Gasteiger partial charge on any atom is 0.504 e. The second kappa shape index (κ2) is 20.8. The van der Waals surface area contributed by atoms with Crippen LogP contribution in [0.25, 0.3) is 0 Å². The van der Waals surface area contributed by atoms with Crippen LogP contribution in [0, 0.1) is 65.1 Å². The highest BCUT2D eigenvalue weighted by molar-refractivity contribution is 6.62. The van der Waals surface area contributed by atoms with Crippen LogP contribution in [-0.4, -0.2) is 60.1 Å². The fraction of sp³-hybridized carbons (Fsp3) is 0.688. The van der Waals surface area contributed by atoms with Crippen LogP contribution in [0.1, 0.15) is 91.5 Å². The number of allylic oxidation sites excluding steroid dienone is 8. The number of benzene rings is 1. The zero-order chi connectivity index (χ0) is 41.3. The average molecular weight is 827 g/mol. The summed E-state index contributed by atoms with van der Waals surface area (Å²) in [5.41, 5.74) is 2.00. The summed E-state index contributed by atoms with van der Waals surface area (Å²) in [4.78, 5) is 10.6. The van der Waals surface area contributed by atoms with Crippen LogP contribution in [0.5, 0.6) is 0 Å². The summed E-state index contributed by atoms with van der Waals surface area (Å²) in [7, 11) is -2.47. The monoisotopic (exact) mass is 826 g/mol. The quantitative estimate of drug-likeness (QED) is 0.0997. The number of rotatable bonds is 15. The van der Waals surface area contributed by atoms with E-state index in [0.717, 1.165) is 49.4 Å². The molecule has 322 valence electrons. The lowest BCUT2D eigenvalue weighted by atomic mass is 9.88. The van der Waals surface area contributed by atoms with Crippen molar-refractivity contribution in [3.63, 3.8) is 0 Å². The summed E-state index contributed by atoms with van der Waals surface area (Å²) >= 11 is 0. The molecule has 0 saturated heterocycles. The molecule has 13 unspecified atom stereocenters. The number of carbonyl (C=O) groups excluding carboxylic acids is 1. The Morgan fingerprint density at radius 2 is 1.10 bits per heavy atom. The van der Waals surface area contributed by atoms with Gasteiger partial charge in [0, 0.05) is 32.3 Å².